The van der Waals surface area contributed by atoms with Gasteiger partial charge in [0.15, 0.2) is 11.6 Å². The molecule has 1 spiro atoms. The van der Waals surface area contributed by atoms with Gasteiger partial charge < -0.3 is 10.2 Å². The van der Waals surface area contributed by atoms with E-state index in [-0.39, 0.29) is 18.9 Å². The number of anilines is 2. The molecule has 3 saturated heterocycles. The summed E-state index contributed by atoms with van der Waals surface area (Å²) in [5.41, 5.74) is 0.767. The molecule has 0 unspecified atom stereocenters. The average molecular weight is 333 g/mol. The van der Waals surface area contributed by atoms with E-state index < -0.39 is 11.8 Å². The van der Waals surface area contributed by atoms with Gasteiger partial charge in [-0.15, -0.1) is 0 Å². The van der Waals surface area contributed by atoms with Crippen LogP contribution in [0.1, 0.15) is 19.3 Å². The minimum absolute atomic E-state index is 0.206. The number of amides is 3. The van der Waals surface area contributed by atoms with Crippen LogP contribution >= 0.6 is 0 Å². The second-order valence-corrected chi connectivity index (χ2v) is 6.84. The van der Waals surface area contributed by atoms with E-state index in [4.69, 9.17) is 0 Å². The van der Waals surface area contributed by atoms with Crippen molar-refractivity contribution in [1.29, 1.82) is 0 Å². The Hall–Kier alpha value is -2.22. The van der Waals surface area contributed by atoms with E-state index >= 15 is 0 Å². The molecule has 3 aliphatic heterocycles. The Kier molecular flexibility index (Phi) is 3.64. The van der Waals surface area contributed by atoms with Crippen LogP contribution in [0.3, 0.4) is 0 Å². The zero-order valence-corrected chi connectivity index (χ0v) is 13.3. The molecular formula is C16H20FN5O2. The minimum atomic E-state index is -0.530. The van der Waals surface area contributed by atoms with Crippen molar-refractivity contribution in [2.24, 2.45) is 5.41 Å². The number of hydrogen-bond donors (Lipinski definition) is 2. The van der Waals surface area contributed by atoms with Gasteiger partial charge in [0.2, 0.25) is 5.91 Å². The van der Waals surface area contributed by atoms with Crippen molar-refractivity contribution in [2.45, 2.75) is 19.3 Å². The minimum Gasteiger partial charge on any atom is -0.354 e. The molecule has 2 N–H and O–H groups in total. The molecule has 24 heavy (non-hydrogen) atoms. The fourth-order valence-electron chi connectivity index (χ4n) is 3.64. The number of piperidine rings is 1. The van der Waals surface area contributed by atoms with Crippen LogP contribution < -0.4 is 20.4 Å². The Morgan fingerprint density at radius 1 is 1.17 bits per heavy atom. The van der Waals surface area contributed by atoms with Gasteiger partial charge in [-0.3, -0.25) is 15.0 Å². The molecule has 4 rings (SSSR count). The van der Waals surface area contributed by atoms with E-state index in [1.807, 2.05) is 4.90 Å². The maximum Gasteiger partial charge on any atom is 0.328 e. The summed E-state index contributed by atoms with van der Waals surface area (Å²) in [6.45, 7) is 3.94. The predicted octanol–water partition coefficient (Wildman–Crippen LogP) is 0.857. The SMILES string of the molecule is O=C1CCN(c2cnc(N3CCC4(CC3)CNC4)c(F)c2)C(=O)N1. The van der Waals surface area contributed by atoms with Crippen LogP contribution in [0, 0.1) is 11.2 Å². The lowest BCUT2D eigenvalue weighted by Crippen LogP contribution is -2.58. The third-order valence-corrected chi connectivity index (χ3v) is 5.30. The van der Waals surface area contributed by atoms with Crippen LogP contribution in [0.4, 0.5) is 20.7 Å². The van der Waals surface area contributed by atoms with Crippen molar-refractivity contribution < 1.29 is 14.0 Å². The smallest absolute Gasteiger partial charge is 0.328 e. The van der Waals surface area contributed by atoms with Crippen LogP contribution in [0.25, 0.3) is 0 Å². The van der Waals surface area contributed by atoms with E-state index in [2.05, 4.69) is 15.6 Å². The fourth-order valence-corrected chi connectivity index (χ4v) is 3.64. The molecule has 0 atom stereocenters. The zero-order chi connectivity index (χ0) is 16.7. The lowest BCUT2D eigenvalue weighted by Gasteiger charge is -2.48. The highest BCUT2D eigenvalue weighted by Gasteiger charge is 2.40. The van der Waals surface area contributed by atoms with E-state index in [9.17, 15) is 14.0 Å². The highest BCUT2D eigenvalue weighted by molar-refractivity contribution is 6.05. The van der Waals surface area contributed by atoms with Crippen LogP contribution in [-0.4, -0.2) is 49.6 Å². The molecule has 4 heterocycles. The number of aromatic nitrogens is 1. The van der Waals surface area contributed by atoms with Crippen LogP contribution in [0.2, 0.25) is 0 Å². The molecule has 0 aromatic carbocycles. The normalized spacial score (nSPS) is 23.2. The third kappa shape index (κ3) is 2.60. The predicted molar refractivity (Wildman–Crippen MR) is 86.4 cm³/mol. The third-order valence-electron chi connectivity index (χ3n) is 5.30. The second kappa shape index (κ2) is 5.70. The maximum atomic E-state index is 14.5. The molecular weight excluding hydrogens is 313 g/mol. The van der Waals surface area contributed by atoms with Crippen molar-refractivity contribution in [1.82, 2.24) is 15.6 Å². The van der Waals surface area contributed by atoms with Gasteiger partial charge in [0.05, 0.1) is 11.9 Å². The van der Waals surface area contributed by atoms with E-state index in [0.717, 1.165) is 39.0 Å². The van der Waals surface area contributed by atoms with Gasteiger partial charge in [-0.2, -0.15) is 0 Å². The first kappa shape index (κ1) is 15.3. The van der Waals surface area contributed by atoms with Gasteiger partial charge in [0.1, 0.15) is 0 Å². The highest BCUT2D eigenvalue weighted by Crippen LogP contribution is 2.36. The maximum absolute atomic E-state index is 14.5. The summed E-state index contributed by atoms with van der Waals surface area (Å²) in [5.74, 6) is -0.400. The Balaban J connectivity index is 1.48. The number of halogens is 1. The van der Waals surface area contributed by atoms with Gasteiger partial charge in [-0.25, -0.2) is 14.2 Å². The topological polar surface area (TPSA) is 77.6 Å². The summed E-state index contributed by atoms with van der Waals surface area (Å²) in [7, 11) is 0. The molecule has 0 radical (unpaired) electrons. The fraction of sp³-hybridized carbons (Fsp3) is 0.562. The average Bonchev–Trinajstić information content (AvgIpc) is 2.53. The Bertz CT molecular complexity index is 681. The summed E-state index contributed by atoms with van der Waals surface area (Å²) in [6, 6.07) is 0.796. The molecule has 3 fully saturated rings. The number of pyridine rings is 1. The van der Waals surface area contributed by atoms with Crippen molar-refractivity contribution in [2.75, 3.05) is 42.5 Å². The number of imide groups is 1. The van der Waals surface area contributed by atoms with Gasteiger partial charge in [0.25, 0.3) is 0 Å². The van der Waals surface area contributed by atoms with E-state index in [1.165, 1.54) is 17.2 Å². The molecule has 0 aliphatic carbocycles. The van der Waals surface area contributed by atoms with Crippen molar-refractivity contribution in [3.63, 3.8) is 0 Å². The zero-order valence-electron chi connectivity index (χ0n) is 13.3. The summed E-state index contributed by atoms with van der Waals surface area (Å²) in [6.07, 6.45) is 3.79. The summed E-state index contributed by atoms with van der Waals surface area (Å²) < 4.78 is 14.5. The molecule has 8 heteroatoms. The van der Waals surface area contributed by atoms with Crippen LogP contribution in [0.5, 0.6) is 0 Å². The second-order valence-electron chi connectivity index (χ2n) is 6.84. The number of nitrogens with zero attached hydrogens (tertiary/aromatic N) is 3. The molecule has 1 aromatic rings. The largest absolute Gasteiger partial charge is 0.354 e. The number of carbonyl (C=O) groups is 2. The number of carbonyl (C=O) groups excluding carboxylic acids is 2. The van der Waals surface area contributed by atoms with Crippen LogP contribution in [0.15, 0.2) is 12.3 Å². The van der Waals surface area contributed by atoms with E-state index in [1.54, 1.807) is 0 Å². The first-order valence-corrected chi connectivity index (χ1v) is 8.29. The molecule has 7 nitrogen and oxygen atoms in total. The number of urea groups is 1. The lowest BCUT2D eigenvalue weighted by molar-refractivity contribution is -0.120. The Labute approximate surface area is 139 Å². The van der Waals surface area contributed by atoms with Gasteiger partial charge in [-0.05, 0) is 18.3 Å². The first-order chi connectivity index (χ1) is 11.6. The molecule has 1 aromatic heterocycles. The molecule has 0 bridgehead atoms. The van der Waals surface area contributed by atoms with Gasteiger partial charge in [-0.1, -0.05) is 0 Å². The number of nitrogens with one attached hydrogen (secondary N) is 2. The van der Waals surface area contributed by atoms with Gasteiger partial charge >= 0.3 is 6.03 Å². The summed E-state index contributed by atoms with van der Waals surface area (Å²) >= 11 is 0. The quantitative estimate of drug-likeness (QED) is 0.839. The Morgan fingerprint density at radius 2 is 1.92 bits per heavy atom. The van der Waals surface area contributed by atoms with Crippen molar-refractivity contribution in [3.8, 4) is 0 Å². The van der Waals surface area contributed by atoms with Crippen molar-refractivity contribution in [3.05, 3.63) is 18.1 Å². The van der Waals surface area contributed by atoms with E-state index in [0.29, 0.717) is 16.9 Å². The summed E-state index contributed by atoms with van der Waals surface area (Å²) in [4.78, 5) is 30.6. The molecule has 0 saturated carbocycles. The van der Waals surface area contributed by atoms with Crippen molar-refractivity contribution >= 4 is 23.4 Å². The number of rotatable bonds is 2. The monoisotopic (exact) mass is 333 g/mol. The van der Waals surface area contributed by atoms with Gasteiger partial charge in [0, 0.05) is 45.2 Å². The highest BCUT2D eigenvalue weighted by atomic mass is 19.1. The lowest BCUT2D eigenvalue weighted by atomic mass is 9.73. The Morgan fingerprint density at radius 3 is 2.50 bits per heavy atom. The van der Waals surface area contributed by atoms with Crippen LogP contribution in [-0.2, 0) is 4.79 Å². The molecule has 128 valence electrons. The molecule has 3 aliphatic rings. The summed E-state index contributed by atoms with van der Waals surface area (Å²) in [5, 5.41) is 5.54. The number of hydrogen-bond acceptors (Lipinski definition) is 5. The molecule has 3 amide bonds. The standard InChI is InChI=1S/C16H20FN5O2/c17-12-7-11(22-4-1-13(23)20-15(22)24)8-19-14(12)21-5-2-16(3-6-21)9-18-10-16/h7-8,18H,1-6,9-10H2,(H,20,23,24). The first-order valence-electron chi connectivity index (χ1n) is 8.29.